The van der Waals surface area contributed by atoms with Gasteiger partial charge in [-0.25, -0.2) is 9.78 Å². The zero-order chi connectivity index (χ0) is 22.1. The standard InChI is InChI=1S/C26H24N4O2/c1-2-3-15-29-24-22(25(31)28-26(29)32)30(17-18-9-5-4-6-10-18)23(27-24)21-14-13-19-11-7-8-12-20(19)16-21/h4-14,16H,2-3,15,17H2,1H3,(H,28,31,32). The Morgan fingerprint density at radius 3 is 2.41 bits per heavy atom. The van der Waals surface area contributed by atoms with Crippen LogP contribution in [0.15, 0.2) is 82.4 Å². The average molecular weight is 425 g/mol. The average Bonchev–Trinajstić information content (AvgIpc) is 3.18. The minimum atomic E-state index is -0.412. The first-order valence-electron chi connectivity index (χ1n) is 10.9. The molecule has 3 aromatic carbocycles. The number of hydrogen-bond donors (Lipinski definition) is 1. The minimum absolute atomic E-state index is 0.409. The number of H-pyrrole nitrogens is 1. The monoisotopic (exact) mass is 424 g/mol. The number of rotatable bonds is 6. The van der Waals surface area contributed by atoms with Gasteiger partial charge in [0.2, 0.25) is 0 Å². The van der Waals surface area contributed by atoms with Gasteiger partial charge in [-0.05, 0) is 28.8 Å². The molecule has 0 amide bonds. The van der Waals surface area contributed by atoms with Crippen LogP contribution in [-0.2, 0) is 13.1 Å². The largest absolute Gasteiger partial charge is 0.330 e. The lowest BCUT2D eigenvalue weighted by molar-refractivity contribution is 0.613. The van der Waals surface area contributed by atoms with E-state index in [1.165, 1.54) is 0 Å². The van der Waals surface area contributed by atoms with Gasteiger partial charge in [-0.2, -0.15) is 0 Å². The quantitative estimate of drug-likeness (QED) is 0.434. The lowest BCUT2D eigenvalue weighted by atomic mass is 10.1. The fourth-order valence-corrected chi connectivity index (χ4v) is 4.16. The summed E-state index contributed by atoms with van der Waals surface area (Å²) in [5.74, 6) is 0.677. The number of hydrogen-bond acceptors (Lipinski definition) is 3. The second kappa shape index (κ2) is 8.30. The molecular weight excluding hydrogens is 400 g/mol. The van der Waals surface area contributed by atoms with E-state index in [-0.39, 0.29) is 0 Å². The Labute approximate surface area is 184 Å². The molecule has 0 saturated heterocycles. The summed E-state index contributed by atoms with van der Waals surface area (Å²) in [4.78, 5) is 32.9. The predicted octanol–water partition coefficient (Wildman–Crippen LogP) is 4.55. The van der Waals surface area contributed by atoms with Crippen LogP contribution < -0.4 is 11.2 Å². The van der Waals surface area contributed by atoms with Crippen molar-refractivity contribution in [2.45, 2.75) is 32.9 Å². The molecule has 0 atom stereocenters. The molecule has 0 aliphatic heterocycles. The Balaban J connectivity index is 1.80. The third-order valence-electron chi connectivity index (χ3n) is 5.81. The van der Waals surface area contributed by atoms with E-state index < -0.39 is 11.2 Å². The van der Waals surface area contributed by atoms with Crippen LogP contribution in [0, 0.1) is 0 Å². The smallest absolute Gasteiger partial charge is 0.314 e. The topological polar surface area (TPSA) is 72.7 Å². The van der Waals surface area contributed by atoms with E-state index in [0.717, 1.165) is 34.7 Å². The number of aromatic nitrogens is 4. The summed E-state index contributed by atoms with van der Waals surface area (Å²) in [5.41, 5.74) is 2.00. The molecule has 2 aromatic heterocycles. The number of aryl methyl sites for hydroxylation is 1. The van der Waals surface area contributed by atoms with Gasteiger partial charge < -0.3 is 4.57 Å². The third-order valence-corrected chi connectivity index (χ3v) is 5.81. The highest BCUT2D eigenvalue weighted by Crippen LogP contribution is 2.27. The number of imidazole rings is 1. The van der Waals surface area contributed by atoms with E-state index in [1.54, 1.807) is 4.57 Å². The van der Waals surface area contributed by atoms with Crippen molar-refractivity contribution in [1.29, 1.82) is 0 Å². The van der Waals surface area contributed by atoms with Crippen LogP contribution in [0.25, 0.3) is 33.3 Å². The van der Waals surface area contributed by atoms with Crippen molar-refractivity contribution in [2.75, 3.05) is 0 Å². The summed E-state index contributed by atoms with van der Waals surface area (Å²) in [6.45, 7) is 3.07. The third kappa shape index (κ3) is 3.54. The van der Waals surface area contributed by atoms with Gasteiger partial charge in [0.25, 0.3) is 5.56 Å². The van der Waals surface area contributed by atoms with E-state index in [9.17, 15) is 9.59 Å². The normalized spacial score (nSPS) is 11.4. The summed E-state index contributed by atoms with van der Waals surface area (Å²) in [7, 11) is 0. The van der Waals surface area contributed by atoms with Gasteiger partial charge >= 0.3 is 5.69 Å². The summed E-state index contributed by atoms with van der Waals surface area (Å²) in [5, 5.41) is 2.24. The van der Waals surface area contributed by atoms with Crippen LogP contribution in [0.2, 0.25) is 0 Å². The van der Waals surface area contributed by atoms with E-state index in [4.69, 9.17) is 4.98 Å². The van der Waals surface area contributed by atoms with Crippen molar-refractivity contribution in [1.82, 2.24) is 19.1 Å². The van der Waals surface area contributed by atoms with E-state index >= 15 is 0 Å². The summed E-state index contributed by atoms with van der Waals surface area (Å²) in [6.07, 6.45) is 1.77. The van der Waals surface area contributed by atoms with Crippen molar-refractivity contribution >= 4 is 21.9 Å². The highest BCUT2D eigenvalue weighted by atomic mass is 16.2. The lowest BCUT2D eigenvalue weighted by Crippen LogP contribution is -2.31. The van der Waals surface area contributed by atoms with Gasteiger partial charge in [0.15, 0.2) is 11.2 Å². The molecule has 5 rings (SSSR count). The molecule has 5 aromatic rings. The summed E-state index contributed by atoms with van der Waals surface area (Å²) >= 11 is 0. The molecule has 0 saturated carbocycles. The number of benzene rings is 3. The van der Waals surface area contributed by atoms with Crippen molar-refractivity contribution in [3.05, 3.63) is 99.2 Å². The fourth-order valence-electron chi connectivity index (χ4n) is 4.16. The highest BCUT2D eigenvalue weighted by Gasteiger charge is 2.20. The maximum absolute atomic E-state index is 13.0. The first-order chi connectivity index (χ1) is 15.7. The zero-order valence-electron chi connectivity index (χ0n) is 17.9. The number of fused-ring (bicyclic) bond motifs is 2. The van der Waals surface area contributed by atoms with Crippen molar-refractivity contribution in [3.8, 4) is 11.4 Å². The molecule has 6 nitrogen and oxygen atoms in total. The fraction of sp³-hybridized carbons (Fsp3) is 0.192. The van der Waals surface area contributed by atoms with E-state index in [0.29, 0.717) is 30.1 Å². The highest BCUT2D eigenvalue weighted by molar-refractivity contribution is 5.87. The SMILES string of the molecule is CCCCn1c(=O)[nH]c(=O)c2c1nc(-c1ccc3ccccc3c1)n2Cc1ccccc1. The first kappa shape index (κ1) is 20.0. The number of aromatic amines is 1. The molecule has 6 heteroatoms. The molecule has 32 heavy (non-hydrogen) atoms. The van der Waals surface area contributed by atoms with Gasteiger partial charge in [0.05, 0.1) is 0 Å². The Kier molecular flexibility index (Phi) is 5.19. The molecule has 0 unspecified atom stereocenters. The maximum atomic E-state index is 13.0. The van der Waals surface area contributed by atoms with Gasteiger partial charge in [-0.15, -0.1) is 0 Å². The maximum Gasteiger partial charge on any atom is 0.330 e. The zero-order valence-corrected chi connectivity index (χ0v) is 17.9. The number of nitrogens with zero attached hydrogens (tertiary/aromatic N) is 3. The first-order valence-corrected chi connectivity index (χ1v) is 10.9. The van der Waals surface area contributed by atoms with Crippen LogP contribution in [-0.4, -0.2) is 19.1 Å². The van der Waals surface area contributed by atoms with Crippen molar-refractivity contribution in [3.63, 3.8) is 0 Å². The van der Waals surface area contributed by atoms with Crippen LogP contribution >= 0.6 is 0 Å². The van der Waals surface area contributed by atoms with Crippen LogP contribution in [0.4, 0.5) is 0 Å². The van der Waals surface area contributed by atoms with Crippen molar-refractivity contribution in [2.24, 2.45) is 0 Å². The van der Waals surface area contributed by atoms with Crippen LogP contribution in [0.1, 0.15) is 25.3 Å². The van der Waals surface area contributed by atoms with Gasteiger partial charge in [-0.3, -0.25) is 14.3 Å². The predicted molar refractivity (Wildman–Crippen MR) is 128 cm³/mol. The Hall–Kier alpha value is -3.93. The second-order valence-electron chi connectivity index (χ2n) is 8.01. The summed E-state index contributed by atoms with van der Waals surface area (Å²) < 4.78 is 3.52. The van der Waals surface area contributed by atoms with Crippen LogP contribution in [0.5, 0.6) is 0 Å². The molecule has 0 fully saturated rings. The molecule has 160 valence electrons. The molecule has 0 radical (unpaired) electrons. The molecule has 0 aliphatic rings. The number of nitrogens with one attached hydrogen (secondary N) is 1. The lowest BCUT2D eigenvalue weighted by Gasteiger charge is -2.10. The Morgan fingerprint density at radius 1 is 0.875 bits per heavy atom. The molecule has 1 N–H and O–H groups in total. The van der Waals surface area contributed by atoms with E-state index in [2.05, 4.69) is 36.2 Å². The summed E-state index contributed by atoms with van der Waals surface area (Å²) in [6, 6.07) is 24.3. The molecule has 0 aliphatic carbocycles. The second-order valence-corrected chi connectivity index (χ2v) is 8.01. The van der Waals surface area contributed by atoms with Crippen molar-refractivity contribution < 1.29 is 0 Å². The molecule has 2 heterocycles. The molecule has 0 bridgehead atoms. The Morgan fingerprint density at radius 2 is 1.62 bits per heavy atom. The van der Waals surface area contributed by atoms with Gasteiger partial charge in [-0.1, -0.05) is 80.1 Å². The number of unbranched alkanes of at least 4 members (excludes halogenated alkanes) is 1. The van der Waals surface area contributed by atoms with Gasteiger partial charge in [0, 0.05) is 18.7 Å². The van der Waals surface area contributed by atoms with Gasteiger partial charge in [0.1, 0.15) is 5.82 Å². The Bertz CT molecular complexity index is 1530. The molecule has 0 spiro atoms. The van der Waals surface area contributed by atoms with Crippen LogP contribution in [0.3, 0.4) is 0 Å². The van der Waals surface area contributed by atoms with E-state index in [1.807, 2.05) is 53.1 Å². The minimum Gasteiger partial charge on any atom is -0.314 e. The molecular formula is C26H24N4O2.